The Morgan fingerprint density at radius 2 is 1.66 bits per heavy atom. The van der Waals surface area contributed by atoms with Crippen molar-refractivity contribution in [2.75, 3.05) is 0 Å². The number of hydrogen-bond acceptors (Lipinski definition) is 3. The maximum atomic E-state index is 13.0. The van der Waals surface area contributed by atoms with Crippen LogP contribution in [0.1, 0.15) is 42.3 Å². The van der Waals surface area contributed by atoms with Gasteiger partial charge in [0.2, 0.25) is 0 Å². The molecule has 4 aromatic rings. The number of nitrogens with one attached hydrogen (secondary N) is 1. The number of fused-ring (bicyclic) bond motifs is 1. The summed E-state index contributed by atoms with van der Waals surface area (Å²) < 4.78 is 0. The summed E-state index contributed by atoms with van der Waals surface area (Å²) in [4.78, 5) is 17.7. The Morgan fingerprint density at radius 3 is 2.34 bits per heavy atom. The number of aromatic nitrogens is 1. The van der Waals surface area contributed by atoms with Crippen molar-refractivity contribution in [3.63, 3.8) is 0 Å². The van der Waals surface area contributed by atoms with E-state index in [1.807, 2.05) is 60.7 Å². The molecule has 0 unspecified atom stereocenters. The molecule has 160 valence electrons. The fraction of sp³-hybridized carbons (Fsp3) is 0.148. The number of benzene rings is 3. The molecule has 0 saturated heterocycles. The summed E-state index contributed by atoms with van der Waals surface area (Å²) in [5, 5.41) is 5.59. The second kappa shape index (κ2) is 8.93. The molecular formula is C27H24ClN3O. The van der Waals surface area contributed by atoms with Gasteiger partial charge in [0, 0.05) is 16.0 Å². The van der Waals surface area contributed by atoms with Gasteiger partial charge in [-0.2, -0.15) is 5.10 Å². The van der Waals surface area contributed by atoms with Crippen LogP contribution in [0.5, 0.6) is 0 Å². The van der Waals surface area contributed by atoms with E-state index in [1.54, 1.807) is 12.3 Å². The van der Waals surface area contributed by atoms with E-state index in [4.69, 9.17) is 16.6 Å². The highest BCUT2D eigenvalue weighted by Crippen LogP contribution is 2.26. The minimum atomic E-state index is -0.290. The van der Waals surface area contributed by atoms with Crippen LogP contribution in [0.3, 0.4) is 0 Å². The average Bonchev–Trinajstić information content (AvgIpc) is 2.78. The number of rotatable bonds is 4. The number of nitrogens with zero attached hydrogens (tertiary/aromatic N) is 2. The number of halogens is 1. The number of carbonyl (C=O) groups is 1. The van der Waals surface area contributed by atoms with Gasteiger partial charge < -0.3 is 0 Å². The lowest BCUT2D eigenvalue weighted by molar-refractivity contribution is 0.0956. The van der Waals surface area contributed by atoms with Gasteiger partial charge >= 0.3 is 0 Å². The summed E-state index contributed by atoms with van der Waals surface area (Å²) in [6, 6.07) is 24.9. The van der Waals surface area contributed by atoms with E-state index < -0.39 is 0 Å². The van der Waals surface area contributed by atoms with E-state index in [0.717, 1.165) is 22.0 Å². The van der Waals surface area contributed by atoms with Crippen molar-refractivity contribution in [1.29, 1.82) is 0 Å². The minimum absolute atomic E-state index is 0.0914. The second-order valence-corrected chi connectivity index (χ2v) is 9.09. The van der Waals surface area contributed by atoms with E-state index in [-0.39, 0.29) is 11.3 Å². The highest BCUT2D eigenvalue weighted by Gasteiger charge is 2.14. The number of amides is 1. The summed E-state index contributed by atoms with van der Waals surface area (Å²) in [6.07, 6.45) is 1.65. The summed E-state index contributed by atoms with van der Waals surface area (Å²) in [5.41, 5.74) is 7.75. The third-order valence-corrected chi connectivity index (χ3v) is 5.51. The zero-order valence-electron chi connectivity index (χ0n) is 18.3. The molecule has 4 rings (SSSR count). The van der Waals surface area contributed by atoms with E-state index in [1.165, 1.54) is 5.56 Å². The van der Waals surface area contributed by atoms with Crippen molar-refractivity contribution < 1.29 is 4.79 Å². The van der Waals surface area contributed by atoms with Crippen molar-refractivity contribution in [3.8, 4) is 11.3 Å². The van der Waals surface area contributed by atoms with Gasteiger partial charge in [-0.15, -0.1) is 0 Å². The molecule has 1 aromatic heterocycles. The highest BCUT2D eigenvalue weighted by molar-refractivity contribution is 6.30. The second-order valence-electron chi connectivity index (χ2n) is 8.65. The van der Waals surface area contributed by atoms with Crippen LogP contribution in [0.25, 0.3) is 22.2 Å². The molecule has 1 amide bonds. The molecule has 0 aliphatic rings. The molecule has 1 N–H and O–H groups in total. The van der Waals surface area contributed by atoms with Gasteiger partial charge in [-0.25, -0.2) is 10.4 Å². The van der Waals surface area contributed by atoms with Crippen molar-refractivity contribution in [1.82, 2.24) is 10.4 Å². The Bertz CT molecular complexity index is 1290. The van der Waals surface area contributed by atoms with Crippen LogP contribution in [-0.4, -0.2) is 17.1 Å². The lowest BCUT2D eigenvalue weighted by atomic mass is 9.87. The van der Waals surface area contributed by atoms with Crippen LogP contribution >= 0.6 is 11.6 Å². The van der Waals surface area contributed by atoms with Gasteiger partial charge in [0.15, 0.2) is 0 Å². The van der Waals surface area contributed by atoms with Crippen LogP contribution in [0.2, 0.25) is 5.02 Å². The zero-order valence-corrected chi connectivity index (χ0v) is 19.0. The fourth-order valence-corrected chi connectivity index (χ4v) is 3.55. The average molecular weight is 442 g/mol. The third-order valence-electron chi connectivity index (χ3n) is 5.26. The van der Waals surface area contributed by atoms with Crippen molar-refractivity contribution in [2.24, 2.45) is 5.10 Å². The number of pyridine rings is 1. The van der Waals surface area contributed by atoms with Crippen molar-refractivity contribution in [3.05, 3.63) is 101 Å². The van der Waals surface area contributed by atoms with E-state index in [2.05, 4.69) is 43.4 Å². The number of hydrazone groups is 1. The summed E-state index contributed by atoms with van der Waals surface area (Å²) >= 11 is 6.01. The molecule has 0 spiro atoms. The normalized spacial score (nSPS) is 11.8. The van der Waals surface area contributed by atoms with E-state index in [0.29, 0.717) is 16.3 Å². The predicted molar refractivity (Wildman–Crippen MR) is 132 cm³/mol. The molecule has 0 radical (unpaired) electrons. The first-order valence-electron chi connectivity index (χ1n) is 10.4. The van der Waals surface area contributed by atoms with Crippen LogP contribution in [0, 0.1) is 0 Å². The first-order chi connectivity index (χ1) is 15.3. The molecule has 32 heavy (non-hydrogen) atoms. The first-order valence-corrected chi connectivity index (χ1v) is 10.8. The quantitative estimate of drug-likeness (QED) is 0.286. The topological polar surface area (TPSA) is 54.4 Å². The van der Waals surface area contributed by atoms with Gasteiger partial charge in [0.1, 0.15) is 0 Å². The Labute approximate surface area is 193 Å². The Kier molecular flexibility index (Phi) is 6.06. The molecule has 0 bridgehead atoms. The Morgan fingerprint density at radius 1 is 0.969 bits per heavy atom. The first kappa shape index (κ1) is 21.7. The van der Waals surface area contributed by atoms with Gasteiger partial charge in [-0.3, -0.25) is 4.79 Å². The van der Waals surface area contributed by atoms with Gasteiger partial charge in [-0.05, 0) is 40.8 Å². The lowest BCUT2D eigenvalue weighted by Gasteiger charge is -2.18. The number of carbonyl (C=O) groups excluding carboxylic acids is 1. The maximum absolute atomic E-state index is 13.0. The van der Waals surface area contributed by atoms with Gasteiger partial charge in [0.25, 0.3) is 5.91 Å². The zero-order chi connectivity index (χ0) is 22.7. The molecule has 4 nitrogen and oxygen atoms in total. The molecule has 5 heteroatoms. The summed E-state index contributed by atoms with van der Waals surface area (Å²) in [6.45, 7) is 6.52. The number of hydrogen-bond donors (Lipinski definition) is 1. The molecule has 0 aliphatic carbocycles. The summed E-state index contributed by atoms with van der Waals surface area (Å²) in [7, 11) is 0. The van der Waals surface area contributed by atoms with Gasteiger partial charge in [-0.1, -0.05) is 87.0 Å². The van der Waals surface area contributed by atoms with Crippen molar-refractivity contribution >= 4 is 34.6 Å². The smallest absolute Gasteiger partial charge is 0.267 e. The standard InChI is InChI=1S/C27H24ClN3O/c1-27(2,3)20-12-8-18(9-13-20)17-29-31-26(32)23-16-25(19-10-14-21(28)15-11-19)30-24-7-5-4-6-22(23)24/h4-17H,1-3H3,(H,31,32). The van der Waals surface area contributed by atoms with E-state index in [9.17, 15) is 4.79 Å². The summed E-state index contributed by atoms with van der Waals surface area (Å²) in [5.74, 6) is -0.290. The lowest BCUT2D eigenvalue weighted by Crippen LogP contribution is -2.18. The molecule has 0 aliphatic heterocycles. The Hall–Kier alpha value is -3.50. The maximum Gasteiger partial charge on any atom is 0.272 e. The Balaban J connectivity index is 1.60. The molecule has 0 saturated carbocycles. The van der Waals surface area contributed by atoms with Gasteiger partial charge in [0.05, 0.1) is 23.0 Å². The van der Waals surface area contributed by atoms with Crippen molar-refractivity contribution in [2.45, 2.75) is 26.2 Å². The predicted octanol–water partition coefficient (Wildman–Crippen LogP) is 6.62. The highest BCUT2D eigenvalue weighted by atomic mass is 35.5. The molecule has 0 fully saturated rings. The molecule has 0 atom stereocenters. The van der Waals surface area contributed by atoms with E-state index >= 15 is 0 Å². The molecular weight excluding hydrogens is 418 g/mol. The number of para-hydroxylation sites is 1. The largest absolute Gasteiger partial charge is 0.272 e. The van der Waals surface area contributed by atoms with Crippen LogP contribution in [0.15, 0.2) is 84.0 Å². The van der Waals surface area contributed by atoms with Crippen LogP contribution < -0.4 is 5.43 Å². The SMILES string of the molecule is CC(C)(C)c1ccc(C=NNC(=O)c2cc(-c3ccc(Cl)cc3)nc3ccccc23)cc1. The monoisotopic (exact) mass is 441 g/mol. The third kappa shape index (κ3) is 4.87. The molecule has 3 aromatic carbocycles. The fourth-order valence-electron chi connectivity index (χ4n) is 3.43. The van der Waals surface area contributed by atoms with Crippen LogP contribution in [-0.2, 0) is 5.41 Å². The molecule has 1 heterocycles. The minimum Gasteiger partial charge on any atom is -0.267 e. The van der Waals surface area contributed by atoms with Crippen LogP contribution in [0.4, 0.5) is 0 Å².